The molecule has 0 amide bonds. The summed E-state index contributed by atoms with van der Waals surface area (Å²) in [5.74, 6) is 1.48. The number of dihydropyridines is 1. The number of aromatic nitrogens is 1. The lowest BCUT2D eigenvalue weighted by Gasteiger charge is -2.51. The third-order valence-corrected chi connectivity index (χ3v) is 8.22. The van der Waals surface area contributed by atoms with Gasteiger partial charge in [-0.25, -0.2) is 4.98 Å². The number of pyridine rings is 1. The Hall–Kier alpha value is -2.25. The van der Waals surface area contributed by atoms with Gasteiger partial charge in [0.2, 0.25) is 0 Å². The lowest BCUT2D eigenvalue weighted by atomic mass is 9.59. The van der Waals surface area contributed by atoms with Crippen molar-refractivity contribution < 1.29 is 15.0 Å². The number of aliphatic hydroxyl groups excluding tert-OH is 1. The van der Waals surface area contributed by atoms with E-state index in [-0.39, 0.29) is 24.5 Å². The van der Waals surface area contributed by atoms with E-state index in [0.717, 1.165) is 50.2 Å². The number of anilines is 1. The van der Waals surface area contributed by atoms with Gasteiger partial charge in [-0.1, -0.05) is 11.6 Å². The Morgan fingerprint density at radius 3 is 2.85 bits per heavy atom. The van der Waals surface area contributed by atoms with E-state index in [0.29, 0.717) is 18.4 Å². The van der Waals surface area contributed by atoms with Gasteiger partial charge in [0, 0.05) is 37.0 Å². The molecule has 0 radical (unpaired) electrons. The first kappa shape index (κ1) is 24.9. The number of aliphatic imine (C=N–C) groups is 1. The molecule has 3 atom stereocenters. The van der Waals surface area contributed by atoms with Crippen LogP contribution in [0.2, 0.25) is 0 Å². The number of nitrogens with one attached hydrogen (secondary N) is 2. The molecule has 0 aromatic carbocycles. The number of aryl methyl sites for hydroxylation is 2. The van der Waals surface area contributed by atoms with Crippen LogP contribution in [-0.4, -0.2) is 58.2 Å². The van der Waals surface area contributed by atoms with Crippen molar-refractivity contribution in [3.05, 3.63) is 35.0 Å². The molecule has 1 aliphatic carbocycles. The summed E-state index contributed by atoms with van der Waals surface area (Å²) in [7, 11) is 0. The van der Waals surface area contributed by atoms with Crippen molar-refractivity contribution in [1.82, 2.24) is 10.3 Å². The monoisotopic (exact) mass is 468 g/mol. The highest BCUT2D eigenvalue weighted by atomic mass is 16.4. The molecule has 1 saturated carbocycles. The van der Waals surface area contributed by atoms with Gasteiger partial charge in [0.25, 0.3) is 0 Å². The lowest BCUT2D eigenvalue weighted by molar-refractivity contribution is -0.140. The van der Waals surface area contributed by atoms with Crippen LogP contribution in [0.5, 0.6) is 0 Å². The molecule has 3 heterocycles. The van der Waals surface area contributed by atoms with Crippen LogP contribution in [0.3, 0.4) is 0 Å². The van der Waals surface area contributed by atoms with Gasteiger partial charge in [-0.05, 0) is 95.3 Å². The summed E-state index contributed by atoms with van der Waals surface area (Å²) in [5, 5.41) is 25.3. The van der Waals surface area contributed by atoms with Gasteiger partial charge in [0.15, 0.2) is 0 Å². The summed E-state index contributed by atoms with van der Waals surface area (Å²) < 4.78 is 0. The van der Waals surface area contributed by atoms with Crippen molar-refractivity contribution in [1.29, 1.82) is 0 Å². The molecule has 2 aliphatic heterocycles. The van der Waals surface area contributed by atoms with Crippen molar-refractivity contribution >= 4 is 17.5 Å². The minimum Gasteiger partial charge on any atom is -0.480 e. The molecule has 1 aromatic heterocycles. The third-order valence-electron chi connectivity index (χ3n) is 8.22. The molecule has 7 nitrogen and oxygen atoms in total. The quantitative estimate of drug-likeness (QED) is 0.418. The molecule has 34 heavy (non-hydrogen) atoms. The number of fused-ring (bicyclic) bond motifs is 1. The van der Waals surface area contributed by atoms with Gasteiger partial charge in [0.05, 0.1) is 5.54 Å². The number of carboxylic acid groups (broad SMARTS) is 1. The maximum atomic E-state index is 11.5. The third kappa shape index (κ3) is 5.36. The standard InChI is InChI=1S/C27H40N4O3/c1-17-13-18(2)31-27(3,23(17)16-29-24(10-12-32)26(33)34)21-14-19(15-21)6-8-22-9-7-20-5-4-11-28-25(20)30-22/h7,9,13,19,21,23-24,29,32H,4-6,8,10-12,14-16H2,1-3H3,(H,28,30)(H,33,34)/t19?,21?,23?,24-,27?/m1/s1. The highest BCUT2D eigenvalue weighted by Crippen LogP contribution is 2.50. The van der Waals surface area contributed by atoms with E-state index in [1.165, 1.54) is 23.3 Å². The van der Waals surface area contributed by atoms with Crippen LogP contribution >= 0.6 is 0 Å². The van der Waals surface area contributed by atoms with Crippen LogP contribution in [0.4, 0.5) is 5.82 Å². The van der Waals surface area contributed by atoms with Crippen LogP contribution in [0.25, 0.3) is 0 Å². The number of rotatable bonds is 10. The molecule has 4 rings (SSSR count). The number of carbonyl (C=O) groups is 1. The number of aliphatic carboxylic acids is 1. The first-order valence-electron chi connectivity index (χ1n) is 12.8. The molecule has 2 unspecified atom stereocenters. The van der Waals surface area contributed by atoms with E-state index in [1.807, 2.05) is 0 Å². The second-order valence-corrected chi connectivity index (χ2v) is 10.6. The highest BCUT2D eigenvalue weighted by molar-refractivity contribution is 5.94. The minimum atomic E-state index is -0.914. The van der Waals surface area contributed by atoms with E-state index in [9.17, 15) is 15.0 Å². The summed E-state index contributed by atoms with van der Waals surface area (Å²) in [5.41, 5.74) is 4.59. The van der Waals surface area contributed by atoms with E-state index in [2.05, 4.69) is 49.6 Å². The minimum absolute atomic E-state index is 0.141. The fraction of sp³-hybridized carbons (Fsp3) is 0.667. The topological polar surface area (TPSA) is 107 Å². The van der Waals surface area contributed by atoms with Gasteiger partial charge in [0.1, 0.15) is 11.9 Å². The van der Waals surface area contributed by atoms with Crippen LogP contribution in [-0.2, 0) is 17.6 Å². The molecule has 7 heteroatoms. The molecule has 0 saturated heterocycles. The number of carboxylic acids is 1. The van der Waals surface area contributed by atoms with Crippen LogP contribution in [0.15, 0.2) is 28.8 Å². The van der Waals surface area contributed by atoms with Gasteiger partial charge < -0.3 is 20.8 Å². The second-order valence-electron chi connectivity index (χ2n) is 10.6. The Bertz CT molecular complexity index is 953. The van der Waals surface area contributed by atoms with Crippen molar-refractivity contribution in [2.24, 2.45) is 22.7 Å². The van der Waals surface area contributed by atoms with E-state index in [1.54, 1.807) is 0 Å². The number of nitrogens with zero attached hydrogens (tertiary/aromatic N) is 2. The molecule has 1 fully saturated rings. The number of hydrogen-bond donors (Lipinski definition) is 4. The van der Waals surface area contributed by atoms with Crippen molar-refractivity contribution in [3.63, 3.8) is 0 Å². The zero-order valence-corrected chi connectivity index (χ0v) is 20.8. The molecular formula is C27H40N4O3. The largest absolute Gasteiger partial charge is 0.480 e. The predicted octanol–water partition coefficient (Wildman–Crippen LogP) is 3.62. The molecular weight excluding hydrogens is 428 g/mol. The normalized spacial score (nSPS) is 29.2. The highest BCUT2D eigenvalue weighted by Gasteiger charge is 2.48. The Kier molecular flexibility index (Phi) is 7.73. The fourth-order valence-electron chi connectivity index (χ4n) is 6.14. The second kappa shape index (κ2) is 10.6. The fourth-order valence-corrected chi connectivity index (χ4v) is 6.14. The molecule has 186 valence electrons. The Balaban J connectivity index is 1.35. The van der Waals surface area contributed by atoms with Crippen LogP contribution in [0, 0.1) is 17.8 Å². The molecule has 0 spiro atoms. The Morgan fingerprint density at radius 2 is 2.12 bits per heavy atom. The van der Waals surface area contributed by atoms with Crippen molar-refractivity contribution in [2.75, 3.05) is 25.0 Å². The van der Waals surface area contributed by atoms with Crippen LogP contribution < -0.4 is 10.6 Å². The Labute approximate surface area is 203 Å². The molecule has 0 bridgehead atoms. The summed E-state index contributed by atoms with van der Waals surface area (Å²) in [6, 6.07) is 3.70. The summed E-state index contributed by atoms with van der Waals surface area (Å²) >= 11 is 0. The van der Waals surface area contributed by atoms with Gasteiger partial charge >= 0.3 is 5.97 Å². The lowest BCUT2D eigenvalue weighted by Crippen LogP contribution is -2.53. The van der Waals surface area contributed by atoms with E-state index < -0.39 is 12.0 Å². The zero-order valence-electron chi connectivity index (χ0n) is 20.8. The first-order valence-corrected chi connectivity index (χ1v) is 12.8. The smallest absolute Gasteiger partial charge is 0.320 e. The van der Waals surface area contributed by atoms with Crippen LogP contribution in [0.1, 0.15) is 64.1 Å². The molecule has 4 N–H and O–H groups in total. The first-order chi connectivity index (χ1) is 16.3. The summed E-state index contributed by atoms with van der Waals surface area (Å²) in [6.07, 6.45) is 9.10. The maximum Gasteiger partial charge on any atom is 0.320 e. The summed E-state index contributed by atoms with van der Waals surface area (Å²) in [6.45, 7) is 7.87. The number of hydrogen-bond acceptors (Lipinski definition) is 6. The molecule has 3 aliphatic rings. The number of allylic oxidation sites excluding steroid dienone is 1. The van der Waals surface area contributed by atoms with Crippen molar-refractivity contribution in [2.45, 2.75) is 77.3 Å². The zero-order chi connectivity index (χ0) is 24.3. The van der Waals surface area contributed by atoms with E-state index in [4.69, 9.17) is 9.98 Å². The van der Waals surface area contributed by atoms with Gasteiger partial charge in [-0.2, -0.15) is 0 Å². The number of aliphatic hydroxyl groups is 1. The van der Waals surface area contributed by atoms with Crippen molar-refractivity contribution in [3.8, 4) is 0 Å². The predicted molar refractivity (Wildman–Crippen MR) is 135 cm³/mol. The SMILES string of the molecule is CC1=CC(C)=NC(C)(C2CC(CCc3ccc4c(n3)NCCC4)C2)C1CN[C@H](CCO)C(=O)O. The van der Waals surface area contributed by atoms with Gasteiger partial charge in [-0.15, -0.1) is 0 Å². The van der Waals surface area contributed by atoms with Gasteiger partial charge in [-0.3, -0.25) is 9.79 Å². The summed E-state index contributed by atoms with van der Waals surface area (Å²) in [4.78, 5) is 21.5. The maximum absolute atomic E-state index is 11.5. The molecule has 1 aromatic rings. The average molecular weight is 469 g/mol. The Morgan fingerprint density at radius 1 is 1.32 bits per heavy atom. The average Bonchev–Trinajstić information content (AvgIpc) is 2.76. The van der Waals surface area contributed by atoms with E-state index >= 15 is 0 Å².